The molecule has 1 amide bonds. The van der Waals surface area contributed by atoms with Gasteiger partial charge in [0.1, 0.15) is 23.4 Å². The summed E-state index contributed by atoms with van der Waals surface area (Å²) >= 11 is 0. The number of imidazole rings is 1. The number of aromatic nitrogens is 6. The summed E-state index contributed by atoms with van der Waals surface area (Å²) in [6, 6.07) is 7.27. The Morgan fingerprint density at radius 2 is 1.79 bits per heavy atom. The van der Waals surface area contributed by atoms with Crippen molar-refractivity contribution in [3.63, 3.8) is 0 Å². The van der Waals surface area contributed by atoms with Gasteiger partial charge in [-0.15, -0.1) is 0 Å². The van der Waals surface area contributed by atoms with Crippen LogP contribution in [-0.4, -0.2) is 56.1 Å². The van der Waals surface area contributed by atoms with Gasteiger partial charge in [-0.3, -0.25) is 4.79 Å². The van der Waals surface area contributed by atoms with E-state index in [2.05, 4.69) is 24.8 Å². The summed E-state index contributed by atoms with van der Waals surface area (Å²) in [7, 11) is 4.85. The number of halogens is 3. The molecule has 2 aliphatic carbocycles. The molecular weight excluding hydrogens is 561 g/mol. The van der Waals surface area contributed by atoms with Crippen molar-refractivity contribution in [2.45, 2.75) is 44.3 Å². The normalized spacial score (nSPS) is 17.7. The molecule has 0 N–H and O–H groups in total. The molecule has 43 heavy (non-hydrogen) atoms. The van der Waals surface area contributed by atoms with E-state index in [1.165, 1.54) is 10.9 Å². The summed E-state index contributed by atoms with van der Waals surface area (Å²) in [6.45, 7) is 0.909. The largest absolute Gasteiger partial charge is 0.480 e. The van der Waals surface area contributed by atoms with Crippen LogP contribution >= 0.6 is 0 Å². The minimum absolute atomic E-state index is 0.0393. The van der Waals surface area contributed by atoms with Crippen LogP contribution in [0.4, 0.5) is 24.7 Å². The number of benzene rings is 1. The minimum atomic E-state index is -4.52. The van der Waals surface area contributed by atoms with Gasteiger partial charge < -0.3 is 19.1 Å². The van der Waals surface area contributed by atoms with Crippen molar-refractivity contribution in [1.82, 2.24) is 29.5 Å². The smallest absolute Gasteiger partial charge is 0.434 e. The predicted molar refractivity (Wildman–Crippen MR) is 151 cm³/mol. The maximum absolute atomic E-state index is 13.5. The number of fused-ring (bicyclic) bond motifs is 1. The lowest BCUT2D eigenvalue weighted by Crippen LogP contribution is -2.37. The standard InChI is InChI=1S/C30H29F3N8O2/c1-39-14-21(30(31,32)33)37-25(39)19-6-4-17(5-7-19)13-41-15-29(10-11-29)28(42)40(2)20-12-34-24(38-26(20)41)22-23(18-8-9-18)35-16-36-27(22)43-3/h4-7,12,14,16,18H,8-11,13,15H2,1-3H3. The zero-order valence-corrected chi connectivity index (χ0v) is 23.9. The summed E-state index contributed by atoms with van der Waals surface area (Å²) in [5, 5.41) is 0. The number of amides is 1. The number of aryl methyl sites for hydroxylation is 1. The van der Waals surface area contributed by atoms with Gasteiger partial charge in [-0.25, -0.2) is 24.9 Å². The lowest BCUT2D eigenvalue weighted by atomic mass is 10.0. The Bertz CT molecular complexity index is 1730. The van der Waals surface area contributed by atoms with E-state index in [1.807, 2.05) is 12.1 Å². The Labute approximate surface area is 245 Å². The van der Waals surface area contributed by atoms with Crippen LogP contribution in [-0.2, 0) is 24.6 Å². The molecule has 3 aromatic heterocycles. The second-order valence-corrected chi connectivity index (χ2v) is 11.6. The molecule has 0 radical (unpaired) electrons. The first kappa shape index (κ1) is 27.3. The number of hydrogen-bond acceptors (Lipinski definition) is 8. The number of carbonyl (C=O) groups excluding carboxylic acids is 1. The van der Waals surface area contributed by atoms with Crippen molar-refractivity contribution < 1.29 is 22.7 Å². The van der Waals surface area contributed by atoms with Gasteiger partial charge in [0.2, 0.25) is 11.8 Å². The van der Waals surface area contributed by atoms with Crippen molar-refractivity contribution in [2.75, 3.05) is 30.5 Å². The van der Waals surface area contributed by atoms with Crippen molar-refractivity contribution in [3.05, 3.63) is 59.9 Å². The number of anilines is 2. The summed E-state index contributed by atoms with van der Waals surface area (Å²) in [5.74, 6) is 2.01. The molecule has 0 bridgehead atoms. The summed E-state index contributed by atoms with van der Waals surface area (Å²) < 4.78 is 46.6. The third-order valence-corrected chi connectivity index (χ3v) is 8.49. The minimum Gasteiger partial charge on any atom is -0.480 e. The van der Waals surface area contributed by atoms with Gasteiger partial charge in [-0.2, -0.15) is 13.2 Å². The second-order valence-electron chi connectivity index (χ2n) is 11.6. The van der Waals surface area contributed by atoms with E-state index < -0.39 is 17.3 Å². The Morgan fingerprint density at radius 1 is 1.05 bits per heavy atom. The Hall–Kier alpha value is -4.55. The SMILES string of the molecule is COc1ncnc(C2CC2)c1-c1ncc2c(n1)N(Cc1ccc(-c3nc(C(F)(F)F)cn3C)cc1)CC1(CC1)C(=O)N2C. The molecule has 13 heteroatoms. The zero-order chi connectivity index (χ0) is 30.1. The van der Waals surface area contributed by atoms with E-state index in [9.17, 15) is 18.0 Å². The topological polar surface area (TPSA) is 102 Å². The van der Waals surface area contributed by atoms with Crippen molar-refractivity contribution in [1.29, 1.82) is 0 Å². The van der Waals surface area contributed by atoms with Crippen molar-refractivity contribution in [2.24, 2.45) is 12.5 Å². The molecule has 1 aromatic carbocycles. The molecule has 1 spiro atoms. The van der Waals surface area contributed by atoms with E-state index >= 15 is 0 Å². The first-order valence-electron chi connectivity index (χ1n) is 14.1. The average Bonchev–Trinajstić information content (AvgIpc) is 3.93. The lowest BCUT2D eigenvalue weighted by Gasteiger charge is -2.26. The first-order valence-corrected chi connectivity index (χ1v) is 14.1. The fourth-order valence-corrected chi connectivity index (χ4v) is 5.85. The number of rotatable bonds is 6. The first-order chi connectivity index (χ1) is 20.6. The molecule has 4 aromatic rings. The van der Waals surface area contributed by atoms with Crippen molar-refractivity contribution >= 4 is 17.4 Å². The molecule has 7 rings (SSSR count). The maximum Gasteiger partial charge on any atom is 0.434 e. The van der Waals surface area contributed by atoms with Crippen LogP contribution in [0.25, 0.3) is 22.8 Å². The zero-order valence-electron chi connectivity index (χ0n) is 23.9. The van der Waals surface area contributed by atoms with Crippen molar-refractivity contribution in [3.8, 4) is 28.7 Å². The summed E-state index contributed by atoms with van der Waals surface area (Å²) in [4.78, 5) is 39.6. The van der Waals surface area contributed by atoms with Crippen LogP contribution in [0.5, 0.6) is 5.88 Å². The Kier molecular flexibility index (Phi) is 6.19. The van der Waals surface area contributed by atoms with Crippen LogP contribution in [0.15, 0.2) is 43.0 Å². The van der Waals surface area contributed by atoms with Crippen LogP contribution in [0.2, 0.25) is 0 Å². The van der Waals surface area contributed by atoms with Gasteiger partial charge in [0, 0.05) is 44.9 Å². The molecule has 3 aliphatic rings. The molecule has 0 unspecified atom stereocenters. The highest BCUT2D eigenvalue weighted by Crippen LogP contribution is 2.52. The van der Waals surface area contributed by atoms with E-state index in [0.29, 0.717) is 53.3 Å². The fraction of sp³-hybridized carbons (Fsp3) is 0.400. The Balaban J connectivity index is 1.26. The number of methoxy groups -OCH3 is 1. The highest BCUT2D eigenvalue weighted by Gasteiger charge is 2.54. The third kappa shape index (κ3) is 4.76. The monoisotopic (exact) mass is 590 g/mol. The van der Waals surface area contributed by atoms with E-state index in [0.717, 1.165) is 43.1 Å². The van der Waals surface area contributed by atoms with Crippen LogP contribution < -0.4 is 14.5 Å². The van der Waals surface area contributed by atoms with Gasteiger partial charge in [0.05, 0.1) is 24.4 Å². The number of carbonyl (C=O) groups is 1. The molecule has 2 saturated carbocycles. The van der Waals surface area contributed by atoms with Gasteiger partial charge in [0.15, 0.2) is 17.3 Å². The second kappa shape index (κ2) is 9.75. The Morgan fingerprint density at radius 3 is 2.42 bits per heavy atom. The van der Waals surface area contributed by atoms with E-state index in [1.54, 1.807) is 44.4 Å². The quantitative estimate of drug-likeness (QED) is 0.309. The van der Waals surface area contributed by atoms with Crippen LogP contribution in [0.1, 0.15) is 48.6 Å². The van der Waals surface area contributed by atoms with Crippen LogP contribution in [0.3, 0.4) is 0 Å². The molecule has 222 valence electrons. The van der Waals surface area contributed by atoms with E-state index in [4.69, 9.17) is 9.72 Å². The van der Waals surface area contributed by atoms with E-state index in [-0.39, 0.29) is 11.7 Å². The molecule has 0 saturated heterocycles. The van der Waals surface area contributed by atoms with Gasteiger partial charge >= 0.3 is 6.18 Å². The molecule has 4 heterocycles. The number of nitrogens with zero attached hydrogens (tertiary/aromatic N) is 8. The predicted octanol–water partition coefficient (Wildman–Crippen LogP) is 5.00. The summed E-state index contributed by atoms with van der Waals surface area (Å²) in [6.07, 6.45) is 3.25. The average molecular weight is 591 g/mol. The summed E-state index contributed by atoms with van der Waals surface area (Å²) in [5.41, 5.74) is 2.17. The highest BCUT2D eigenvalue weighted by molar-refractivity contribution is 6.02. The number of hydrogen-bond donors (Lipinski definition) is 0. The highest BCUT2D eigenvalue weighted by atomic mass is 19.4. The molecule has 1 aliphatic heterocycles. The van der Waals surface area contributed by atoms with Gasteiger partial charge in [-0.05, 0) is 31.2 Å². The number of alkyl halides is 3. The van der Waals surface area contributed by atoms with Gasteiger partial charge in [0.25, 0.3) is 0 Å². The molecule has 2 fully saturated rings. The molecule has 0 atom stereocenters. The lowest BCUT2D eigenvalue weighted by molar-refractivity contribution is -0.140. The van der Waals surface area contributed by atoms with Gasteiger partial charge in [-0.1, -0.05) is 24.3 Å². The number of ether oxygens (including phenoxy) is 1. The molecule has 10 nitrogen and oxygen atoms in total. The van der Waals surface area contributed by atoms with Crippen LogP contribution in [0, 0.1) is 5.41 Å². The molecular formula is C30H29F3N8O2. The third-order valence-electron chi connectivity index (χ3n) is 8.49. The fourth-order valence-electron chi connectivity index (χ4n) is 5.85. The maximum atomic E-state index is 13.5.